The van der Waals surface area contributed by atoms with Crippen molar-refractivity contribution >= 4 is 5.91 Å². The van der Waals surface area contributed by atoms with E-state index in [9.17, 15) is 4.79 Å². The molecule has 1 atom stereocenters. The van der Waals surface area contributed by atoms with Crippen molar-refractivity contribution in [3.05, 3.63) is 48.2 Å². The third-order valence-electron chi connectivity index (χ3n) is 3.14. The van der Waals surface area contributed by atoms with Gasteiger partial charge in [-0.15, -0.1) is 0 Å². The number of hydrogen-bond acceptors (Lipinski definition) is 2. The van der Waals surface area contributed by atoms with Crippen molar-refractivity contribution in [2.45, 2.75) is 32.4 Å². The first-order valence-corrected chi connectivity index (χ1v) is 6.31. The second kappa shape index (κ2) is 5.25. The lowest BCUT2D eigenvalue weighted by atomic mass is 9.94. The molecular weight excluding hydrogens is 224 g/mol. The molecule has 1 unspecified atom stereocenters. The topological polar surface area (TPSA) is 32.3 Å². The summed E-state index contributed by atoms with van der Waals surface area (Å²) in [6.07, 6.45) is 5.14. The second-order valence-electron chi connectivity index (χ2n) is 5.22. The van der Waals surface area contributed by atoms with Crippen molar-refractivity contribution in [2.24, 2.45) is 0 Å². The van der Waals surface area contributed by atoms with Gasteiger partial charge in [-0.1, -0.05) is 36.4 Å². The zero-order chi connectivity index (χ0) is 13.0. The predicted molar refractivity (Wildman–Crippen MR) is 72.8 cm³/mol. The van der Waals surface area contributed by atoms with Crippen LogP contribution >= 0.6 is 0 Å². The van der Waals surface area contributed by atoms with Crippen molar-refractivity contribution < 1.29 is 4.79 Å². The summed E-state index contributed by atoms with van der Waals surface area (Å²) in [6.45, 7) is 5.39. The van der Waals surface area contributed by atoms with E-state index in [1.54, 1.807) is 6.92 Å². The van der Waals surface area contributed by atoms with E-state index >= 15 is 0 Å². The van der Waals surface area contributed by atoms with E-state index < -0.39 is 0 Å². The van der Waals surface area contributed by atoms with E-state index in [2.05, 4.69) is 53.7 Å². The SMILES string of the molecule is CC(=O)NC1(C)CC=CN(Cc2ccccc2)C1. The highest BCUT2D eigenvalue weighted by Crippen LogP contribution is 2.20. The number of carbonyl (C=O) groups is 1. The summed E-state index contributed by atoms with van der Waals surface area (Å²) < 4.78 is 0. The van der Waals surface area contributed by atoms with Crippen LogP contribution in [-0.4, -0.2) is 22.9 Å². The van der Waals surface area contributed by atoms with Gasteiger partial charge in [-0.2, -0.15) is 0 Å². The van der Waals surface area contributed by atoms with Gasteiger partial charge in [0, 0.05) is 20.0 Å². The molecule has 0 radical (unpaired) electrons. The van der Waals surface area contributed by atoms with E-state index in [0.717, 1.165) is 19.5 Å². The fourth-order valence-corrected chi connectivity index (χ4v) is 2.47. The zero-order valence-corrected chi connectivity index (χ0v) is 11.0. The Bertz CT molecular complexity index is 441. The summed E-state index contributed by atoms with van der Waals surface area (Å²) in [4.78, 5) is 13.5. The first-order valence-electron chi connectivity index (χ1n) is 6.31. The zero-order valence-electron chi connectivity index (χ0n) is 11.0. The fraction of sp³-hybridized carbons (Fsp3) is 0.400. The predicted octanol–water partition coefficient (Wildman–Crippen LogP) is 2.30. The first-order chi connectivity index (χ1) is 8.57. The average molecular weight is 244 g/mol. The number of nitrogens with zero attached hydrogens (tertiary/aromatic N) is 1. The Morgan fingerprint density at radius 2 is 2.11 bits per heavy atom. The van der Waals surface area contributed by atoms with Crippen LogP contribution in [0, 0.1) is 0 Å². The Morgan fingerprint density at radius 3 is 2.78 bits per heavy atom. The molecule has 2 rings (SSSR count). The van der Waals surface area contributed by atoms with E-state index in [-0.39, 0.29) is 11.4 Å². The number of hydrogen-bond donors (Lipinski definition) is 1. The monoisotopic (exact) mass is 244 g/mol. The smallest absolute Gasteiger partial charge is 0.217 e. The molecule has 0 bridgehead atoms. The van der Waals surface area contributed by atoms with Crippen LogP contribution in [0.1, 0.15) is 25.8 Å². The van der Waals surface area contributed by atoms with Crippen LogP contribution in [0.4, 0.5) is 0 Å². The minimum atomic E-state index is -0.157. The lowest BCUT2D eigenvalue weighted by molar-refractivity contribution is -0.120. The molecule has 0 aliphatic carbocycles. The van der Waals surface area contributed by atoms with Crippen LogP contribution in [0.2, 0.25) is 0 Å². The highest BCUT2D eigenvalue weighted by atomic mass is 16.1. The molecule has 3 heteroatoms. The number of amides is 1. The Balaban J connectivity index is 2.01. The maximum absolute atomic E-state index is 11.2. The molecule has 0 spiro atoms. The van der Waals surface area contributed by atoms with Crippen LogP contribution in [0.3, 0.4) is 0 Å². The van der Waals surface area contributed by atoms with Crippen molar-refractivity contribution in [3.63, 3.8) is 0 Å². The lowest BCUT2D eigenvalue weighted by Crippen LogP contribution is -2.53. The van der Waals surface area contributed by atoms with Crippen molar-refractivity contribution in [1.82, 2.24) is 10.2 Å². The number of carbonyl (C=O) groups excluding carboxylic acids is 1. The molecule has 1 amide bonds. The Kier molecular flexibility index (Phi) is 3.70. The van der Waals surface area contributed by atoms with Crippen molar-refractivity contribution in [3.8, 4) is 0 Å². The third-order valence-corrected chi connectivity index (χ3v) is 3.14. The molecule has 1 aliphatic rings. The minimum Gasteiger partial charge on any atom is -0.371 e. The molecule has 0 saturated carbocycles. The molecule has 96 valence electrons. The van der Waals surface area contributed by atoms with Gasteiger partial charge in [-0.25, -0.2) is 0 Å². The second-order valence-corrected chi connectivity index (χ2v) is 5.22. The normalized spacial score (nSPS) is 22.9. The van der Waals surface area contributed by atoms with Crippen LogP contribution in [-0.2, 0) is 11.3 Å². The first kappa shape index (κ1) is 12.7. The summed E-state index contributed by atoms with van der Waals surface area (Å²) in [7, 11) is 0. The number of nitrogens with one attached hydrogen (secondary N) is 1. The maximum atomic E-state index is 11.2. The number of benzene rings is 1. The third kappa shape index (κ3) is 3.36. The van der Waals surface area contributed by atoms with Gasteiger partial charge >= 0.3 is 0 Å². The maximum Gasteiger partial charge on any atom is 0.217 e. The van der Waals surface area contributed by atoms with Crippen molar-refractivity contribution in [2.75, 3.05) is 6.54 Å². The van der Waals surface area contributed by atoms with Crippen LogP contribution < -0.4 is 5.32 Å². The summed E-state index contributed by atoms with van der Waals surface area (Å²) in [5.74, 6) is 0.0347. The van der Waals surface area contributed by atoms with Gasteiger partial charge in [-0.05, 0) is 25.1 Å². The molecule has 0 fully saturated rings. The molecule has 1 aliphatic heterocycles. The van der Waals surface area contributed by atoms with E-state index in [4.69, 9.17) is 0 Å². The molecule has 1 N–H and O–H groups in total. The Hall–Kier alpha value is -1.77. The summed E-state index contributed by atoms with van der Waals surface area (Å²) in [5, 5.41) is 3.04. The lowest BCUT2D eigenvalue weighted by Gasteiger charge is -2.38. The molecule has 1 aromatic carbocycles. The summed E-state index contributed by atoms with van der Waals surface area (Å²) >= 11 is 0. The summed E-state index contributed by atoms with van der Waals surface area (Å²) in [5.41, 5.74) is 1.13. The largest absolute Gasteiger partial charge is 0.371 e. The molecule has 18 heavy (non-hydrogen) atoms. The van der Waals surface area contributed by atoms with Gasteiger partial charge in [-0.3, -0.25) is 4.79 Å². The van der Waals surface area contributed by atoms with E-state index in [0.29, 0.717) is 0 Å². The van der Waals surface area contributed by atoms with Gasteiger partial charge in [0.05, 0.1) is 5.54 Å². The van der Waals surface area contributed by atoms with Gasteiger partial charge < -0.3 is 10.2 Å². The van der Waals surface area contributed by atoms with Gasteiger partial charge in [0.25, 0.3) is 0 Å². The van der Waals surface area contributed by atoms with Gasteiger partial charge in [0.15, 0.2) is 0 Å². The quantitative estimate of drug-likeness (QED) is 0.885. The van der Waals surface area contributed by atoms with E-state index in [1.165, 1.54) is 5.56 Å². The molecule has 3 nitrogen and oxygen atoms in total. The molecular formula is C15H20N2O. The molecule has 0 saturated heterocycles. The summed E-state index contributed by atoms with van der Waals surface area (Å²) in [6, 6.07) is 10.4. The van der Waals surface area contributed by atoms with Crippen LogP contribution in [0.5, 0.6) is 0 Å². The van der Waals surface area contributed by atoms with E-state index in [1.807, 2.05) is 6.07 Å². The molecule has 0 aromatic heterocycles. The fourth-order valence-electron chi connectivity index (χ4n) is 2.47. The number of rotatable bonds is 3. The molecule has 1 heterocycles. The van der Waals surface area contributed by atoms with Crippen molar-refractivity contribution in [1.29, 1.82) is 0 Å². The van der Waals surface area contributed by atoms with Crippen LogP contribution in [0.25, 0.3) is 0 Å². The van der Waals surface area contributed by atoms with Crippen LogP contribution in [0.15, 0.2) is 42.6 Å². The van der Waals surface area contributed by atoms with Gasteiger partial charge in [0.1, 0.15) is 0 Å². The Morgan fingerprint density at radius 1 is 1.39 bits per heavy atom. The average Bonchev–Trinajstić information content (AvgIpc) is 2.28. The molecule has 1 aromatic rings. The Labute approximate surface area is 108 Å². The standard InChI is InChI=1S/C15H20N2O/c1-13(18)16-15(2)9-6-10-17(12-15)11-14-7-4-3-5-8-14/h3-8,10H,9,11-12H2,1-2H3,(H,16,18). The van der Waals surface area contributed by atoms with Gasteiger partial charge in [0.2, 0.25) is 5.91 Å². The highest BCUT2D eigenvalue weighted by molar-refractivity contribution is 5.73. The minimum absolute atomic E-state index is 0.0347. The highest BCUT2D eigenvalue weighted by Gasteiger charge is 2.28.